The maximum atomic E-state index is 13.7. The minimum absolute atomic E-state index is 0.239. The first-order valence-corrected chi connectivity index (χ1v) is 8.18. The maximum absolute atomic E-state index is 13.7. The molecule has 5 heteroatoms. The van der Waals surface area contributed by atoms with Crippen LogP contribution in [0.3, 0.4) is 0 Å². The zero-order valence-electron chi connectivity index (χ0n) is 14.6. The number of hydrogen-bond acceptors (Lipinski definition) is 4. The highest BCUT2D eigenvalue weighted by Gasteiger charge is 2.06. The third kappa shape index (κ3) is 4.32. The maximum Gasteiger partial charge on any atom is 0.225 e. The van der Waals surface area contributed by atoms with Crippen LogP contribution in [0.25, 0.3) is 0 Å². The third-order valence-corrected chi connectivity index (χ3v) is 3.90. The highest BCUT2D eigenvalue weighted by Crippen LogP contribution is 2.22. The zero-order valence-corrected chi connectivity index (χ0v) is 14.6. The predicted octanol–water partition coefficient (Wildman–Crippen LogP) is 4.90. The molecule has 0 fully saturated rings. The Morgan fingerprint density at radius 1 is 0.960 bits per heavy atom. The molecule has 1 heterocycles. The molecule has 0 aliphatic rings. The van der Waals surface area contributed by atoms with E-state index in [1.54, 1.807) is 12.1 Å². The van der Waals surface area contributed by atoms with Crippen molar-refractivity contribution in [1.29, 1.82) is 0 Å². The summed E-state index contributed by atoms with van der Waals surface area (Å²) in [5.41, 5.74) is 4.74. The van der Waals surface area contributed by atoms with E-state index in [2.05, 4.69) is 45.7 Å². The fourth-order valence-corrected chi connectivity index (χ4v) is 2.54. The van der Waals surface area contributed by atoms with Gasteiger partial charge in [-0.15, -0.1) is 0 Å². The Labute approximate surface area is 147 Å². The largest absolute Gasteiger partial charge is 0.350 e. The molecular formula is C20H21FN4. The van der Waals surface area contributed by atoms with Gasteiger partial charge in [-0.3, -0.25) is 0 Å². The quantitative estimate of drug-likeness (QED) is 0.696. The van der Waals surface area contributed by atoms with E-state index in [0.717, 1.165) is 16.9 Å². The highest BCUT2D eigenvalue weighted by atomic mass is 19.1. The molecule has 0 amide bonds. The van der Waals surface area contributed by atoms with Gasteiger partial charge in [0.15, 0.2) is 0 Å². The number of hydrogen-bond donors (Lipinski definition) is 2. The molecule has 25 heavy (non-hydrogen) atoms. The molecule has 0 aliphatic heterocycles. The molecule has 0 radical (unpaired) electrons. The van der Waals surface area contributed by atoms with Gasteiger partial charge in [-0.2, -0.15) is 4.98 Å². The second kappa shape index (κ2) is 7.30. The molecule has 2 N–H and O–H groups in total. The van der Waals surface area contributed by atoms with E-state index in [-0.39, 0.29) is 5.82 Å². The molecule has 0 saturated carbocycles. The summed E-state index contributed by atoms with van der Waals surface area (Å²) >= 11 is 0. The van der Waals surface area contributed by atoms with Gasteiger partial charge in [0.1, 0.15) is 11.6 Å². The molecule has 3 rings (SSSR count). The van der Waals surface area contributed by atoms with Gasteiger partial charge in [0, 0.05) is 29.6 Å². The summed E-state index contributed by atoms with van der Waals surface area (Å²) < 4.78 is 13.7. The van der Waals surface area contributed by atoms with Crippen LogP contribution >= 0.6 is 0 Å². The van der Waals surface area contributed by atoms with E-state index < -0.39 is 0 Å². The molecule has 4 nitrogen and oxygen atoms in total. The van der Waals surface area contributed by atoms with E-state index in [9.17, 15) is 4.39 Å². The molecule has 0 aliphatic carbocycles. The number of nitrogens with one attached hydrogen (secondary N) is 2. The van der Waals surface area contributed by atoms with E-state index >= 15 is 0 Å². The van der Waals surface area contributed by atoms with Crippen molar-refractivity contribution in [2.75, 3.05) is 10.6 Å². The fourth-order valence-electron chi connectivity index (χ4n) is 2.54. The number of benzene rings is 2. The summed E-state index contributed by atoms with van der Waals surface area (Å²) in [6, 6.07) is 14.8. The fraction of sp³-hybridized carbons (Fsp3) is 0.200. The Kier molecular flexibility index (Phi) is 4.93. The molecule has 3 aromatic rings. The van der Waals surface area contributed by atoms with Gasteiger partial charge in [0.05, 0.1) is 0 Å². The monoisotopic (exact) mass is 336 g/mol. The third-order valence-electron chi connectivity index (χ3n) is 3.90. The van der Waals surface area contributed by atoms with Gasteiger partial charge in [0.2, 0.25) is 5.95 Å². The van der Waals surface area contributed by atoms with Crippen molar-refractivity contribution in [2.24, 2.45) is 0 Å². The summed E-state index contributed by atoms with van der Waals surface area (Å²) in [6.07, 6.45) is 0. The SMILES string of the molecule is Cc1ccc(C)c(Nc2cc(C)nc(NCc3ccccc3F)n2)c1. The minimum Gasteiger partial charge on any atom is -0.350 e. The van der Waals surface area contributed by atoms with Crippen molar-refractivity contribution in [2.45, 2.75) is 27.3 Å². The predicted molar refractivity (Wildman–Crippen MR) is 99.7 cm³/mol. The standard InChI is InChI=1S/C20H21FN4/c1-13-8-9-14(2)18(10-13)24-19-11-15(3)23-20(25-19)22-12-16-6-4-5-7-17(16)21/h4-11H,12H2,1-3H3,(H2,22,23,24,25). The van der Waals surface area contributed by atoms with Crippen LogP contribution in [0, 0.1) is 26.6 Å². The molecule has 0 atom stereocenters. The molecule has 0 unspecified atom stereocenters. The van der Waals surface area contributed by atoms with E-state index in [1.165, 1.54) is 11.6 Å². The van der Waals surface area contributed by atoms with Crippen LogP contribution in [-0.2, 0) is 6.54 Å². The van der Waals surface area contributed by atoms with Crippen molar-refractivity contribution in [3.8, 4) is 0 Å². The van der Waals surface area contributed by atoms with Gasteiger partial charge in [-0.1, -0.05) is 30.3 Å². The second-order valence-electron chi connectivity index (χ2n) is 6.11. The summed E-state index contributed by atoms with van der Waals surface area (Å²) in [5, 5.41) is 6.43. The molecule has 128 valence electrons. The van der Waals surface area contributed by atoms with Gasteiger partial charge in [-0.25, -0.2) is 9.37 Å². The van der Waals surface area contributed by atoms with E-state index in [1.807, 2.05) is 26.0 Å². The number of rotatable bonds is 5. The summed E-state index contributed by atoms with van der Waals surface area (Å²) in [4.78, 5) is 8.86. The lowest BCUT2D eigenvalue weighted by atomic mass is 10.1. The molecule has 0 spiro atoms. The van der Waals surface area contributed by atoms with Crippen LogP contribution in [0.5, 0.6) is 0 Å². The number of halogens is 1. The Balaban J connectivity index is 1.78. The molecule has 0 bridgehead atoms. The number of nitrogens with zero attached hydrogens (tertiary/aromatic N) is 2. The smallest absolute Gasteiger partial charge is 0.225 e. The second-order valence-corrected chi connectivity index (χ2v) is 6.11. The lowest BCUT2D eigenvalue weighted by Gasteiger charge is -2.12. The van der Waals surface area contributed by atoms with Crippen LogP contribution in [0.15, 0.2) is 48.5 Å². The first-order valence-electron chi connectivity index (χ1n) is 8.18. The topological polar surface area (TPSA) is 49.8 Å². The Morgan fingerprint density at radius 2 is 1.76 bits per heavy atom. The lowest BCUT2D eigenvalue weighted by molar-refractivity contribution is 0.612. The summed E-state index contributed by atoms with van der Waals surface area (Å²) in [5.74, 6) is 0.935. The average Bonchev–Trinajstić information content (AvgIpc) is 2.57. The van der Waals surface area contributed by atoms with Crippen LogP contribution in [0.1, 0.15) is 22.4 Å². The van der Waals surface area contributed by atoms with Crippen LogP contribution in [0.4, 0.5) is 21.8 Å². The van der Waals surface area contributed by atoms with Crippen molar-refractivity contribution in [3.05, 3.63) is 76.7 Å². The van der Waals surface area contributed by atoms with Crippen LogP contribution < -0.4 is 10.6 Å². The lowest BCUT2D eigenvalue weighted by Crippen LogP contribution is -2.07. The first kappa shape index (κ1) is 16.9. The number of aromatic nitrogens is 2. The van der Waals surface area contributed by atoms with Crippen LogP contribution in [-0.4, -0.2) is 9.97 Å². The Bertz CT molecular complexity index is 893. The van der Waals surface area contributed by atoms with Crippen molar-refractivity contribution in [3.63, 3.8) is 0 Å². The average molecular weight is 336 g/mol. The van der Waals surface area contributed by atoms with Crippen molar-refractivity contribution < 1.29 is 4.39 Å². The molecule has 0 saturated heterocycles. The molecule has 2 aromatic carbocycles. The highest BCUT2D eigenvalue weighted by molar-refractivity contribution is 5.62. The van der Waals surface area contributed by atoms with Gasteiger partial charge < -0.3 is 10.6 Å². The molecular weight excluding hydrogens is 315 g/mol. The summed E-state index contributed by atoms with van der Waals surface area (Å²) in [6.45, 7) is 6.34. The number of aryl methyl sites for hydroxylation is 3. The summed E-state index contributed by atoms with van der Waals surface area (Å²) in [7, 11) is 0. The van der Waals surface area contributed by atoms with Gasteiger partial charge in [0.25, 0.3) is 0 Å². The molecule has 1 aromatic heterocycles. The minimum atomic E-state index is -0.239. The zero-order chi connectivity index (χ0) is 17.8. The first-order chi connectivity index (χ1) is 12.0. The van der Waals surface area contributed by atoms with Crippen LogP contribution in [0.2, 0.25) is 0 Å². The van der Waals surface area contributed by atoms with Gasteiger partial charge >= 0.3 is 0 Å². The van der Waals surface area contributed by atoms with Gasteiger partial charge in [-0.05, 0) is 44.0 Å². The normalized spacial score (nSPS) is 10.6. The Morgan fingerprint density at radius 3 is 2.56 bits per heavy atom. The number of anilines is 3. The van der Waals surface area contributed by atoms with Crippen molar-refractivity contribution >= 4 is 17.5 Å². The Hall–Kier alpha value is -2.95. The van der Waals surface area contributed by atoms with E-state index in [0.29, 0.717) is 23.9 Å². The van der Waals surface area contributed by atoms with Crippen molar-refractivity contribution in [1.82, 2.24) is 9.97 Å². The van der Waals surface area contributed by atoms with E-state index in [4.69, 9.17) is 0 Å².